The Morgan fingerprint density at radius 1 is 1.03 bits per heavy atom. The first-order valence-electron chi connectivity index (χ1n) is 12.4. The van der Waals surface area contributed by atoms with E-state index in [1.165, 1.54) is 12.1 Å². The predicted octanol–water partition coefficient (Wildman–Crippen LogP) is 4.33. The molecule has 2 fully saturated rings. The number of halogens is 1. The predicted molar refractivity (Wildman–Crippen MR) is 137 cm³/mol. The molecular weight excluding hydrogens is 489 g/mol. The number of carbonyl (C=O) groups excluding carboxylic acids is 1. The smallest absolute Gasteiger partial charge is 0.235 e. The number of anilines is 2. The highest BCUT2D eigenvalue weighted by atomic mass is 19.1. The molecule has 0 bridgehead atoms. The third-order valence-electron chi connectivity index (χ3n) is 6.48. The van der Waals surface area contributed by atoms with Crippen LogP contribution in [0.25, 0.3) is 22.6 Å². The largest absolute Gasteiger partial charge is 0.351 e. The fourth-order valence-corrected chi connectivity index (χ4v) is 4.10. The lowest BCUT2D eigenvalue weighted by Gasteiger charge is -2.35. The number of aromatic amines is 1. The molecule has 3 N–H and O–H groups in total. The fourth-order valence-electron chi connectivity index (χ4n) is 4.10. The van der Waals surface area contributed by atoms with E-state index in [2.05, 4.69) is 30.6 Å². The Morgan fingerprint density at radius 3 is 2.47 bits per heavy atom. The van der Waals surface area contributed by atoms with Crippen LogP contribution in [-0.4, -0.2) is 50.1 Å². The van der Waals surface area contributed by atoms with E-state index >= 15 is 0 Å². The first-order chi connectivity index (χ1) is 18.5. The van der Waals surface area contributed by atoms with Crippen LogP contribution in [-0.2, 0) is 14.3 Å². The van der Waals surface area contributed by atoms with Crippen LogP contribution in [0.2, 0.25) is 0 Å². The normalized spacial score (nSPS) is 21.2. The summed E-state index contributed by atoms with van der Waals surface area (Å²) < 4.78 is 25.6. The number of pyridine rings is 1. The maximum atomic E-state index is 13.6. The van der Waals surface area contributed by atoms with E-state index in [0.29, 0.717) is 46.1 Å². The van der Waals surface area contributed by atoms with Gasteiger partial charge in [0.15, 0.2) is 5.82 Å². The Balaban J connectivity index is 1.25. The topological polar surface area (TPSA) is 127 Å². The van der Waals surface area contributed by atoms with Crippen molar-refractivity contribution in [3.8, 4) is 22.6 Å². The van der Waals surface area contributed by atoms with Gasteiger partial charge in [0.25, 0.3) is 0 Å². The molecule has 0 atom stereocenters. The summed E-state index contributed by atoms with van der Waals surface area (Å²) in [4.78, 5) is 33.9. The second-order valence-corrected chi connectivity index (χ2v) is 9.74. The summed E-state index contributed by atoms with van der Waals surface area (Å²) in [5.41, 5.74) is 2.28. The van der Waals surface area contributed by atoms with Crippen molar-refractivity contribution in [3.05, 3.63) is 72.7 Å². The number of H-pyrrole nitrogens is 1. The number of benzene rings is 1. The van der Waals surface area contributed by atoms with Crippen LogP contribution in [0.15, 0.2) is 61.1 Å². The van der Waals surface area contributed by atoms with Gasteiger partial charge < -0.3 is 25.1 Å². The number of hydrogen-bond donors (Lipinski definition) is 3. The molecule has 1 amide bonds. The van der Waals surface area contributed by atoms with Gasteiger partial charge in [0.05, 0.1) is 35.7 Å². The van der Waals surface area contributed by atoms with Crippen LogP contribution >= 0.6 is 0 Å². The quantitative estimate of drug-likeness (QED) is 0.332. The number of hydrogen-bond acceptors (Lipinski definition) is 8. The SMILES string of the molecule is CC1(C(=O)Nc2ccncc2)COC(c2nc(-c3ccc(F)cc3)c(-c3ccnc(NC4CC4)n3)[nH]2)OC1. The van der Waals surface area contributed by atoms with Crippen LogP contribution in [0.1, 0.15) is 31.9 Å². The summed E-state index contributed by atoms with van der Waals surface area (Å²) in [6, 6.07) is 11.7. The lowest BCUT2D eigenvalue weighted by molar-refractivity contribution is -0.229. The van der Waals surface area contributed by atoms with E-state index in [9.17, 15) is 9.18 Å². The molecule has 0 spiro atoms. The minimum Gasteiger partial charge on any atom is -0.351 e. The molecule has 1 saturated heterocycles. The molecule has 4 heterocycles. The molecule has 0 radical (unpaired) electrons. The first-order valence-corrected chi connectivity index (χ1v) is 12.4. The highest BCUT2D eigenvalue weighted by molar-refractivity contribution is 5.95. The molecule has 2 aliphatic rings. The number of ether oxygens (including phenoxy) is 2. The highest BCUT2D eigenvalue weighted by Crippen LogP contribution is 2.36. The zero-order valence-electron chi connectivity index (χ0n) is 20.6. The zero-order chi connectivity index (χ0) is 26.1. The van der Waals surface area contributed by atoms with E-state index in [1.54, 1.807) is 55.8 Å². The molecule has 1 aliphatic carbocycles. The van der Waals surface area contributed by atoms with Crippen LogP contribution in [0, 0.1) is 11.2 Å². The van der Waals surface area contributed by atoms with E-state index in [1.807, 2.05) is 0 Å². The summed E-state index contributed by atoms with van der Waals surface area (Å²) in [6.45, 7) is 2.03. The maximum Gasteiger partial charge on any atom is 0.235 e. The van der Waals surface area contributed by atoms with Gasteiger partial charge in [0.2, 0.25) is 18.1 Å². The van der Waals surface area contributed by atoms with Crippen molar-refractivity contribution in [2.24, 2.45) is 5.41 Å². The Morgan fingerprint density at radius 2 is 1.76 bits per heavy atom. The number of nitrogens with one attached hydrogen (secondary N) is 3. The molecule has 4 aromatic rings. The van der Waals surface area contributed by atoms with E-state index < -0.39 is 11.7 Å². The van der Waals surface area contributed by atoms with Crippen LogP contribution < -0.4 is 10.6 Å². The highest BCUT2D eigenvalue weighted by Gasteiger charge is 2.41. The average Bonchev–Trinajstić information content (AvgIpc) is 3.64. The second-order valence-electron chi connectivity index (χ2n) is 9.74. The number of nitrogens with zero attached hydrogens (tertiary/aromatic N) is 4. The van der Waals surface area contributed by atoms with Crippen molar-refractivity contribution in [2.45, 2.75) is 32.1 Å². The van der Waals surface area contributed by atoms with Crippen molar-refractivity contribution in [3.63, 3.8) is 0 Å². The molecule has 1 aliphatic heterocycles. The molecule has 1 aromatic carbocycles. The fraction of sp³-hybridized carbons (Fsp3) is 0.296. The third-order valence-corrected chi connectivity index (χ3v) is 6.48. The van der Waals surface area contributed by atoms with Crippen molar-refractivity contribution in [2.75, 3.05) is 23.8 Å². The molecule has 11 heteroatoms. The van der Waals surface area contributed by atoms with Gasteiger partial charge in [-0.25, -0.2) is 19.3 Å². The Labute approximate surface area is 218 Å². The van der Waals surface area contributed by atoms with Crippen LogP contribution in [0.4, 0.5) is 16.0 Å². The van der Waals surface area contributed by atoms with Gasteiger partial charge in [-0.1, -0.05) is 0 Å². The molecule has 3 aromatic heterocycles. The number of imidazole rings is 1. The summed E-state index contributed by atoms with van der Waals surface area (Å²) >= 11 is 0. The number of rotatable bonds is 7. The first kappa shape index (κ1) is 24.1. The molecule has 38 heavy (non-hydrogen) atoms. The molecular formula is C27H26FN7O3. The summed E-state index contributed by atoms with van der Waals surface area (Å²) in [5, 5.41) is 6.18. The standard InChI is InChI=1S/C27H26FN7O3/c1-27(25(36)31-19-8-11-29-12-9-19)14-37-24(38-15-27)23-34-21(16-2-4-17(28)5-3-16)22(35-23)20-10-13-30-26(33-20)32-18-6-7-18/h2-5,8-13,18,24H,6-7,14-15H2,1H3,(H,34,35)(H,29,31,36)(H,30,32,33). The van der Waals surface area contributed by atoms with Crippen LogP contribution in [0.5, 0.6) is 0 Å². The van der Waals surface area contributed by atoms with E-state index in [4.69, 9.17) is 14.5 Å². The Hall–Kier alpha value is -4.22. The Bertz CT molecular complexity index is 1430. The molecule has 1 saturated carbocycles. The number of aromatic nitrogens is 5. The molecule has 0 unspecified atom stereocenters. The van der Waals surface area contributed by atoms with Gasteiger partial charge in [-0.15, -0.1) is 0 Å². The third kappa shape index (κ3) is 5.11. The van der Waals surface area contributed by atoms with Gasteiger partial charge in [-0.2, -0.15) is 0 Å². The summed E-state index contributed by atoms with van der Waals surface area (Å²) in [7, 11) is 0. The van der Waals surface area contributed by atoms with Gasteiger partial charge in [-0.05, 0) is 62.2 Å². The minimum atomic E-state index is -0.898. The van der Waals surface area contributed by atoms with Crippen LogP contribution in [0.3, 0.4) is 0 Å². The van der Waals surface area contributed by atoms with Crippen molar-refractivity contribution in [1.29, 1.82) is 0 Å². The molecule has 10 nitrogen and oxygen atoms in total. The Kier molecular flexibility index (Phi) is 6.30. The van der Waals surface area contributed by atoms with Crippen molar-refractivity contribution >= 4 is 17.5 Å². The number of carbonyl (C=O) groups is 1. The van der Waals surface area contributed by atoms with Gasteiger partial charge >= 0.3 is 0 Å². The monoisotopic (exact) mass is 515 g/mol. The lowest BCUT2D eigenvalue weighted by Crippen LogP contribution is -2.45. The van der Waals surface area contributed by atoms with Crippen molar-refractivity contribution in [1.82, 2.24) is 24.9 Å². The molecule has 194 valence electrons. The summed E-state index contributed by atoms with van der Waals surface area (Å²) in [5.74, 6) is 0.400. The van der Waals surface area contributed by atoms with Crippen molar-refractivity contribution < 1.29 is 18.7 Å². The van der Waals surface area contributed by atoms with E-state index in [-0.39, 0.29) is 24.9 Å². The van der Waals surface area contributed by atoms with E-state index in [0.717, 1.165) is 12.8 Å². The maximum absolute atomic E-state index is 13.6. The second kappa shape index (κ2) is 9.92. The number of amides is 1. The van der Waals surface area contributed by atoms with Gasteiger partial charge in [0, 0.05) is 35.9 Å². The van der Waals surface area contributed by atoms with Gasteiger partial charge in [0.1, 0.15) is 5.82 Å². The van der Waals surface area contributed by atoms with Gasteiger partial charge in [-0.3, -0.25) is 9.78 Å². The molecule has 6 rings (SSSR count). The summed E-state index contributed by atoms with van der Waals surface area (Å²) in [6.07, 6.45) is 6.27. The lowest BCUT2D eigenvalue weighted by atomic mass is 9.91. The zero-order valence-corrected chi connectivity index (χ0v) is 20.6. The average molecular weight is 516 g/mol. The minimum absolute atomic E-state index is 0.124.